The molecule has 1 saturated carbocycles. The average Bonchev–Trinajstić information content (AvgIpc) is 2.83. The maximum Gasteiger partial charge on any atom is 0.224 e. The van der Waals surface area contributed by atoms with Crippen LogP contribution in [-0.2, 0) is 9.59 Å². The van der Waals surface area contributed by atoms with E-state index >= 15 is 0 Å². The van der Waals surface area contributed by atoms with Crippen molar-refractivity contribution < 1.29 is 19.8 Å². The first kappa shape index (κ1) is 36.0. The smallest absolute Gasteiger partial charge is 0.224 e. The molecule has 1 fully saturated rings. The SMILES string of the molecule is C=C(C=C(C)Cl)C[C@H](CSC(C)(C)C)C(=O)NC[C@@H](C)C(=O)N[C@@H](CC1CCCCC1)[C@@H](O)[C@@H](O)CC(C)C. The third kappa shape index (κ3) is 15.5. The van der Waals surface area contributed by atoms with E-state index in [9.17, 15) is 19.8 Å². The van der Waals surface area contributed by atoms with Crippen molar-refractivity contribution in [1.29, 1.82) is 0 Å². The Morgan fingerprint density at radius 3 is 2.26 bits per heavy atom. The summed E-state index contributed by atoms with van der Waals surface area (Å²) in [5.74, 6) is 0.182. The average molecular weight is 587 g/mol. The van der Waals surface area contributed by atoms with E-state index in [0.717, 1.165) is 18.4 Å². The standard InChI is InChI=1S/C31H55ClN2O4S/c1-20(2)14-27(35)28(36)26(17-24-12-10-9-11-13-24)34-29(37)22(4)18-33-30(38)25(19-39-31(6,7)8)16-21(3)15-23(5)32/h15,20,22,24-28,35-36H,3,9-14,16-19H2,1-2,4-8H3,(H,33,38)(H,34,37)/t22-,25-,26+,27+,28-/m1/s1. The minimum absolute atomic E-state index is 0.0135. The molecule has 0 aliphatic heterocycles. The van der Waals surface area contributed by atoms with E-state index in [1.54, 1.807) is 31.7 Å². The van der Waals surface area contributed by atoms with Crippen molar-refractivity contribution >= 4 is 35.2 Å². The van der Waals surface area contributed by atoms with Gasteiger partial charge in [0, 0.05) is 22.1 Å². The summed E-state index contributed by atoms with van der Waals surface area (Å²) in [4.78, 5) is 26.4. The summed E-state index contributed by atoms with van der Waals surface area (Å²) in [6.45, 7) is 18.2. The van der Waals surface area contributed by atoms with Gasteiger partial charge in [-0.25, -0.2) is 0 Å². The molecule has 0 aromatic carbocycles. The van der Waals surface area contributed by atoms with Crippen LogP contribution in [0.3, 0.4) is 0 Å². The van der Waals surface area contributed by atoms with Crippen molar-refractivity contribution in [2.45, 2.75) is 123 Å². The second-order valence-electron chi connectivity index (χ2n) is 12.9. The molecular weight excluding hydrogens is 532 g/mol. The fourth-order valence-electron chi connectivity index (χ4n) is 5.01. The van der Waals surface area contributed by atoms with Crippen molar-refractivity contribution in [2.24, 2.45) is 23.7 Å². The lowest BCUT2D eigenvalue weighted by molar-refractivity contribution is -0.128. The highest BCUT2D eigenvalue weighted by Crippen LogP contribution is 2.30. The van der Waals surface area contributed by atoms with Gasteiger partial charge in [-0.1, -0.05) is 97.4 Å². The Morgan fingerprint density at radius 2 is 1.72 bits per heavy atom. The van der Waals surface area contributed by atoms with Crippen LogP contribution in [0.2, 0.25) is 0 Å². The molecule has 1 aliphatic carbocycles. The number of hydrogen-bond acceptors (Lipinski definition) is 5. The van der Waals surface area contributed by atoms with Crippen LogP contribution >= 0.6 is 23.4 Å². The number of aliphatic hydroxyl groups excluding tert-OH is 2. The summed E-state index contributed by atoms with van der Waals surface area (Å²) in [7, 11) is 0. The number of aliphatic hydroxyl groups is 2. The molecule has 0 aromatic rings. The predicted octanol–water partition coefficient (Wildman–Crippen LogP) is 6.20. The lowest BCUT2D eigenvalue weighted by Gasteiger charge is -2.33. The van der Waals surface area contributed by atoms with Gasteiger partial charge in [-0.3, -0.25) is 9.59 Å². The molecule has 226 valence electrons. The van der Waals surface area contributed by atoms with Crippen molar-refractivity contribution in [3.8, 4) is 0 Å². The van der Waals surface area contributed by atoms with Gasteiger partial charge in [-0.2, -0.15) is 11.8 Å². The third-order valence-electron chi connectivity index (χ3n) is 7.19. The van der Waals surface area contributed by atoms with Gasteiger partial charge in [0.05, 0.1) is 24.0 Å². The van der Waals surface area contributed by atoms with Crippen LogP contribution in [0.15, 0.2) is 23.3 Å². The normalized spacial score (nSPS) is 19.2. The van der Waals surface area contributed by atoms with Crippen molar-refractivity contribution in [3.63, 3.8) is 0 Å². The maximum atomic E-state index is 13.2. The summed E-state index contributed by atoms with van der Waals surface area (Å²) >= 11 is 7.73. The first-order valence-electron chi connectivity index (χ1n) is 14.7. The molecule has 0 bridgehead atoms. The van der Waals surface area contributed by atoms with Crippen molar-refractivity contribution in [1.82, 2.24) is 10.6 Å². The Bertz CT molecular complexity index is 801. The highest BCUT2D eigenvalue weighted by atomic mass is 35.5. The van der Waals surface area contributed by atoms with Crippen LogP contribution in [0.5, 0.6) is 0 Å². The maximum absolute atomic E-state index is 13.2. The number of rotatable bonds is 16. The predicted molar refractivity (Wildman–Crippen MR) is 166 cm³/mol. The van der Waals surface area contributed by atoms with E-state index < -0.39 is 24.2 Å². The number of hydrogen-bond donors (Lipinski definition) is 4. The van der Waals surface area contributed by atoms with Crippen molar-refractivity contribution in [2.75, 3.05) is 12.3 Å². The molecule has 39 heavy (non-hydrogen) atoms. The fourth-order valence-corrected chi connectivity index (χ4v) is 6.13. The number of allylic oxidation sites excluding steroid dienone is 3. The van der Waals surface area contributed by atoms with Crippen LogP contribution in [0, 0.1) is 23.7 Å². The topological polar surface area (TPSA) is 98.7 Å². The zero-order valence-electron chi connectivity index (χ0n) is 25.4. The summed E-state index contributed by atoms with van der Waals surface area (Å²) in [5.41, 5.74) is 0.794. The largest absolute Gasteiger partial charge is 0.390 e. The quantitative estimate of drug-likeness (QED) is 0.161. The lowest BCUT2D eigenvalue weighted by Crippen LogP contribution is -2.52. The highest BCUT2D eigenvalue weighted by Gasteiger charge is 2.32. The zero-order chi connectivity index (χ0) is 29.8. The first-order valence-corrected chi connectivity index (χ1v) is 16.0. The Kier molecular flexibility index (Phi) is 16.4. The monoisotopic (exact) mass is 586 g/mol. The third-order valence-corrected chi connectivity index (χ3v) is 8.73. The van der Waals surface area contributed by atoms with Gasteiger partial charge in [0.15, 0.2) is 0 Å². The van der Waals surface area contributed by atoms with Gasteiger partial charge in [-0.05, 0) is 44.1 Å². The van der Waals surface area contributed by atoms with Gasteiger partial charge in [0.1, 0.15) is 6.10 Å². The molecule has 8 heteroatoms. The zero-order valence-corrected chi connectivity index (χ0v) is 27.0. The molecule has 1 rings (SSSR count). The van der Waals surface area contributed by atoms with Crippen LogP contribution in [-0.4, -0.2) is 57.3 Å². The van der Waals surface area contributed by atoms with Crippen LogP contribution < -0.4 is 10.6 Å². The van der Waals surface area contributed by atoms with E-state index in [2.05, 4.69) is 38.0 Å². The summed E-state index contributed by atoms with van der Waals surface area (Å²) in [5, 5.41) is 28.2. The first-order chi connectivity index (χ1) is 18.1. The molecule has 0 unspecified atom stereocenters. The van der Waals surface area contributed by atoms with Crippen LogP contribution in [0.4, 0.5) is 0 Å². The molecule has 0 radical (unpaired) electrons. The Labute approximate surface area is 247 Å². The summed E-state index contributed by atoms with van der Waals surface area (Å²) in [6.07, 6.45) is 7.22. The van der Waals surface area contributed by atoms with E-state index in [4.69, 9.17) is 11.6 Å². The molecule has 5 atom stereocenters. The minimum atomic E-state index is -1.02. The Hall–Kier alpha value is -1.02. The number of halogens is 1. The van der Waals surface area contributed by atoms with E-state index in [0.29, 0.717) is 36.0 Å². The fraction of sp³-hybridized carbons (Fsp3) is 0.806. The van der Waals surface area contributed by atoms with Gasteiger partial charge >= 0.3 is 0 Å². The van der Waals surface area contributed by atoms with E-state index in [-0.39, 0.29) is 34.9 Å². The van der Waals surface area contributed by atoms with Gasteiger partial charge in [0.2, 0.25) is 11.8 Å². The van der Waals surface area contributed by atoms with E-state index in [1.807, 2.05) is 13.8 Å². The molecule has 0 spiro atoms. The van der Waals surface area contributed by atoms with Gasteiger partial charge in [0.25, 0.3) is 0 Å². The molecular formula is C31H55ClN2O4S. The number of carbonyl (C=O) groups is 2. The van der Waals surface area contributed by atoms with Crippen LogP contribution in [0.25, 0.3) is 0 Å². The molecule has 2 amide bonds. The number of carbonyl (C=O) groups excluding carboxylic acids is 2. The highest BCUT2D eigenvalue weighted by molar-refractivity contribution is 8.00. The van der Waals surface area contributed by atoms with Gasteiger partial charge in [-0.15, -0.1) is 0 Å². The molecule has 0 heterocycles. The number of thioether (sulfide) groups is 1. The van der Waals surface area contributed by atoms with E-state index in [1.165, 1.54) is 19.3 Å². The molecule has 0 aromatic heterocycles. The number of amides is 2. The second-order valence-corrected chi connectivity index (χ2v) is 15.3. The molecule has 1 aliphatic rings. The van der Waals surface area contributed by atoms with Crippen molar-refractivity contribution in [3.05, 3.63) is 23.3 Å². The summed E-state index contributed by atoms with van der Waals surface area (Å²) < 4.78 is 0.0135. The Balaban J connectivity index is 2.83. The van der Waals surface area contributed by atoms with Gasteiger partial charge < -0.3 is 20.8 Å². The molecule has 6 nitrogen and oxygen atoms in total. The number of nitrogens with one attached hydrogen (secondary N) is 2. The molecule has 4 N–H and O–H groups in total. The molecule has 0 saturated heterocycles. The van der Waals surface area contributed by atoms with Crippen LogP contribution in [0.1, 0.15) is 99.8 Å². The Morgan fingerprint density at radius 1 is 1.10 bits per heavy atom. The second kappa shape index (κ2) is 17.7. The lowest BCUT2D eigenvalue weighted by atomic mass is 9.82. The minimum Gasteiger partial charge on any atom is -0.390 e. The summed E-state index contributed by atoms with van der Waals surface area (Å²) in [6, 6.07) is -0.516.